The van der Waals surface area contributed by atoms with Gasteiger partial charge in [0.2, 0.25) is 0 Å². The van der Waals surface area contributed by atoms with Gasteiger partial charge in [-0.2, -0.15) is 11.8 Å². The maximum absolute atomic E-state index is 13.2. The standard InChI is InChI=1S/C13H20FNOS/c1-10(2)15-9-11-8-12(14)4-5-13(11)16-6-7-17-3/h4-5,8,10,15H,6-7,9H2,1-3H3. The van der Waals surface area contributed by atoms with Crippen LogP contribution in [-0.4, -0.2) is 24.7 Å². The molecule has 0 spiro atoms. The predicted octanol–water partition coefficient (Wildman–Crippen LogP) is 3.07. The lowest BCUT2D eigenvalue weighted by Crippen LogP contribution is -2.22. The molecular formula is C13H20FNOS. The normalized spacial score (nSPS) is 10.9. The third-order valence-corrected chi connectivity index (χ3v) is 2.84. The molecule has 0 fully saturated rings. The molecule has 0 radical (unpaired) electrons. The molecule has 1 rings (SSSR count). The van der Waals surface area contributed by atoms with Crippen molar-refractivity contribution in [1.82, 2.24) is 5.32 Å². The summed E-state index contributed by atoms with van der Waals surface area (Å²) in [6, 6.07) is 5.04. The lowest BCUT2D eigenvalue weighted by molar-refractivity contribution is 0.338. The molecule has 1 N–H and O–H groups in total. The molecule has 4 heteroatoms. The Hall–Kier alpha value is -0.740. The largest absolute Gasteiger partial charge is 0.492 e. The van der Waals surface area contributed by atoms with Crippen LogP contribution in [0.25, 0.3) is 0 Å². The van der Waals surface area contributed by atoms with Crippen LogP contribution in [0, 0.1) is 5.82 Å². The molecule has 0 aliphatic rings. The van der Waals surface area contributed by atoms with Crippen LogP contribution in [0.2, 0.25) is 0 Å². The number of benzene rings is 1. The lowest BCUT2D eigenvalue weighted by atomic mass is 10.2. The number of halogens is 1. The van der Waals surface area contributed by atoms with Crippen LogP contribution in [0.4, 0.5) is 4.39 Å². The van der Waals surface area contributed by atoms with Gasteiger partial charge in [0.05, 0.1) is 6.61 Å². The summed E-state index contributed by atoms with van der Waals surface area (Å²) < 4.78 is 18.8. The molecule has 2 nitrogen and oxygen atoms in total. The Kier molecular flexibility index (Phi) is 6.37. The van der Waals surface area contributed by atoms with Gasteiger partial charge < -0.3 is 10.1 Å². The second-order valence-corrected chi connectivity index (χ2v) is 5.11. The first-order valence-electron chi connectivity index (χ1n) is 5.77. The van der Waals surface area contributed by atoms with E-state index in [-0.39, 0.29) is 5.82 Å². The van der Waals surface area contributed by atoms with E-state index in [2.05, 4.69) is 19.2 Å². The first-order chi connectivity index (χ1) is 8.13. The van der Waals surface area contributed by atoms with Crippen molar-refractivity contribution in [3.8, 4) is 5.75 Å². The summed E-state index contributed by atoms with van der Waals surface area (Å²) in [5, 5.41) is 3.27. The average Bonchev–Trinajstić information content (AvgIpc) is 2.29. The molecule has 0 unspecified atom stereocenters. The van der Waals surface area contributed by atoms with Crippen LogP contribution in [0.3, 0.4) is 0 Å². The van der Waals surface area contributed by atoms with E-state index in [4.69, 9.17) is 4.74 Å². The summed E-state index contributed by atoms with van der Waals surface area (Å²) in [7, 11) is 0. The Labute approximate surface area is 107 Å². The summed E-state index contributed by atoms with van der Waals surface area (Å²) in [6.45, 7) is 5.41. The predicted molar refractivity (Wildman–Crippen MR) is 72.3 cm³/mol. The Morgan fingerprint density at radius 2 is 2.18 bits per heavy atom. The van der Waals surface area contributed by atoms with Gasteiger partial charge in [0.25, 0.3) is 0 Å². The third kappa shape index (κ3) is 5.41. The molecule has 0 aliphatic carbocycles. The Balaban J connectivity index is 2.66. The quantitative estimate of drug-likeness (QED) is 0.759. The molecule has 1 aromatic rings. The van der Waals surface area contributed by atoms with Crippen molar-refractivity contribution >= 4 is 11.8 Å². The van der Waals surface area contributed by atoms with Crippen molar-refractivity contribution in [1.29, 1.82) is 0 Å². The molecular weight excluding hydrogens is 237 g/mol. The van der Waals surface area contributed by atoms with Gasteiger partial charge in [-0.05, 0) is 24.5 Å². The number of hydrogen-bond donors (Lipinski definition) is 1. The van der Waals surface area contributed by atoms with Gasteiger partial charge in [-0.15, -0.1) is 0 Å². The fourth-order valence-corrected chi connectivity index (χ4v) is 1.63. The lowest BCUT2D eigenvalue weighted by Gasteiger charge is -2.13. The number of rotatable bonds is 7. The van der Waals surface area contributed by atoms with Crippen molar-refractivity contribution in [3.05, 3.63) is 29.6 Å². The van der Waals surface area contributed by atoms with E-state index in [1.807, 2.05) is 6.26 Å². The van der Waals surface area contributed by atoms with E-state index in [0.717, 1.165) is 17.1 Å². The molecule has 1 aromatic carbocycles. The highest BCUT2D eigenvalue weighted by molar-refractivity contribution is 7.98. The van der Waals surface area contributed by atoms with E-state index in [9.17, 15) is 4.39 Å². The van der Waals surface area contributed by atoms with Crippen molar-refractivity contribution in [2.75, 3.05) is 18.6 Å². The molecule has 0 aliphatic heterocycles. The van der Waals surface area contributed by atoms with Crippen LogP contribution in [-0.2, 0) is 6.54 Å². The molecule has 96 valence electrons. The molecule has 0 atom stereocenters. The molecule has 0 bridgehead atoms. The second-order valence-electron chi connectivity index (χ2n) is 4.13. The maximum Gasteiger partial charge on any atom is 0.124 e. The molecule has 0 saturated carbocycles. The second kappa shape index (κ2) is 7.56. The van der Waals surface area contributed by atoms with Gasteiger partial charge in [-0.1, -0.05) is 13.8 Å². The van der Waals surface area contributed by atoms with Gasteiger partial charge in [0.15, 0.2) is 0 Å². The highest BCUT2D eigenvalue weighted by atomic mass is 32.2. The van der Waals surface area contributed by atoms with Crippen LogP contribution >= 0.6 is 11.8 Å². The van der Waals surface area contributed by atoms with Crippen molar-refractivity contribution < 1.29 is 9.13 Å². The molecule has 0 heterocycles. The first kappa shape index (κ1) is 14.3. The number of ether oxygens (including phenoxy) is 1. The molecule has 0 aromatic heterocycles. The fourth-order valence-electron chi connectivity index (χ4n) is 1.38. The summed E-state index contributed by atoms with van der Waals surface area (Å²) in [5.41, 5.74) is 0.875. The van der Waals surface area contributed by atoms with E-state index in [0.29, 0.717) is 19.2 Å². The molecule has 0 amide bonds. The van der Waals surface area contributed by atoms with Crippen LogP contribution < -0.4 is 10.1 Å². The summed E-state index contributed by atoms with van der Waals surface area (Å²) in [5.74, 6) is 1.49. The van der Waals surface area contributed by atoms with E-state index < -0.39 is 0 Å². The number of thioether (sulfide) groups is 1. The zero-order valence-corrected chi connectivity index (χ0v) is 11.4. The fraction of sp³-hybridized carbons (Fsp3) is 0.538. The van der Waals surface area contributed by atoms with Gasteiger partial charge in [0, 0.05) is 23.9 Å². The first-order valence-corrected chi connectivity index (χ1v) is 7.16. The third-order valence-electron chi connectivity index (χ3n) is 2.27. The van der Waals surface area contributed by atoms with Gasteiger partial charge in [-0.25, -0.2) is 4.39 Å². The molecule has 0 saturated heterocycles. The Morgan fingerprint density at radius 3 is 2.82 bits per heavy atom. The summed E-state index contributed by atoms with van der Waals surface area (Å²) in [4.78, 5) is 0. The van der Waals surface area contributed by atoms with Crippen molar-refractivity contribution in [2.24, 2.45) is 0 Å². The summed E-state index contributed by atoms with van der Waals surface area (Å²) in [6.07, 6.45) is 2.04. The number of hydrogen-bond acceptors (Lipinski definition) is 3. The topological polar surface area (TPSA) is 21.3 Å². The zero-order valence-electron chi connectivity index (χ0n) is 10.6. The van der Waals surface area contributed by atoms with E-state index >= 15 is 0 Å². The number of nitrogens with one attached hydrogen (secondary N) is 1. The zero-order chi connectivity index (χ0) is 12.7. The summed E-state index contributed by atoms with van der Waals surface area (Å²) >= 11 is 1.73. The van der Waals surface area contributed by atoms with Gasteiger partial charge in [-0.3, -0.25) is 0 Å². The Morgan fingerprint density at radius 1 is 1.41 bits per heavy atom. The van der Waals surface area contributed by atoms with Crippen LogP contribution in [0.15, 0.2) is 18.2 Å². The van der Waals surface area contributed by atoms with Crippen LogP contribution in [0.1, 0.15) is 19.4 Å². The monoisotopic (exact) mass is 257 g/mol. The average molecular weight is 257 g/mol. The van der Waals surface area contributed by atoms with Crippen LogP contribution in [0.5, 0.6) is 5.75 Å². The van der Waals surface area contributed by atoms with Crippen molar-refractivity contribution in [2.45, 2.75) is 26.4 Å². The minimum atomic E-state index is -0.220. The minimum absolute atomic E-state index is 0.220. The Bertz CT molecular complexity index is 344. The van der Waals surface area contributed by atoms with E-state index in [1.54, 1.807) is 17.8 Å². The molecule has 17 heavy (non-hydrogen) atoms. The highest BCUT2D eigenvalue weighted by Crippen LogP contribution is 2.20. The van der Waals surface area contributed by atoms with Gasteiger partial charge in [0.1, 0.15) is 11.6 Å². The van der Waals surface area contributed by atoms with E-state index in [1.165, 1.54) is 12.1 Å². The smallest absolute Gasteiger partial charge is 0.124 e. The van der Waals surface area contributed by atoms with Gasteiger partial charge >= 0.3 is 0 Å². The van der Waals surface area contributed by atoms with Crippen molar-refractivity contribution in [3.63, 3.8) is 0 Å². The highest BCUT2D eigenvalue weighted by Gasteiger charge is 2.06. The SMILES string of the molecule is CSCCOc1ccc(F)cc1CNC(C)C. The maximum atomic E-state index is 13.2. The minimum Gasteiger partial charge on any atom is -0.492 e.